The second kappa shape index (κ2) is 3.69. The van der Waals surface area contributed by atoms with E-state index < -0.39 is 5.41 Å². The molecule has 0 amide bonds. The van der Waals surface area contributed by atoms with Gasteiger partial charge in [-0.15, -0.1) is 0 Å². The number of methoxy groups -OCH3 is 1. The number of rotatable bonds is 1. The zero-order valence-corrected chi connectivity index (χ0v) is 11.0. The number of fused-ring (bicyclic) bond motifs is 1. The van der Waals surface area contributed by atoms with Gasteiger partial charge in [0.1, 0.15) is 5.41 Å². The van der Waals surface area contributed by atoms with Gasteiger partial charge in [-0.3, -0.25) is 9.59 Å². The summed E-state index contributed by atoms with van der Waals surface area (Å²) in [5.41, 5.74) is 0.210. The highest BCUT2D eigenvalue weighted by molar-refractivity contribution is 6.11. The SMILES string of the molecule is COC(=O)[C@]12CC(C)(C)C[C@H]1CC(C)=CC2=O. The Morgan fingerprint density at radius 3 is 2.71 bits per heavy atom. The van der Waals surface area contributed by atoms with E-state index in [0.717, 1.165) is 18.4 Å². The van der Waals surface area contributed by atoms with Crippen LogP contribution in [0.3, 0.4) is 0 Å². The summed E-state index contributed by atoms with van der Waals surface area (Å²) in [5, 5.41) is 0. The van der Waals surface area contributed by atoms with Gasteiger partial charge < -0.3 is 4.74 Å². The van der Waals surface area contributed by atoms with Crippen molar-refractivity contribution in [2.24, 2.45) is 16.7 Å². The summed E-state index contributed by atoms with van der Waals surface area (Å²) >= 11 is 0. The van der Waals surface area contributed by atoms with Gasteiger partial charge in [0.2, 0.25) is 0 Å². The fourth-order valence-electron chi connectivity index (χ4n) is 3.67. The molecule has 3 heteroatoms. The smallest absolute Gasteiger partial charge is 0.320 e. The first-order valence-electron chi connectivity index (χ1n) is 6.12. The van der Waals surface area contributed by atoms with Gasteiger partial charge in [0, 0.05) is 0 Å². The minimum atomic E-state index is -0.905. The first kappa shape index (κ1) is 12.3. The third-order valence-corrected chi connectivity index (χ3v) is 4.19. The molecule has 0 radical (unpaired) electrons. The zero-order chi connectivity index (χ0) is 12.8. The van der Waals surface area contributed by atoms with E-state index in [9.17, 15) is 9.59 Å². The average molecular weight is 236 g/mol. The molecule has 2 rings (SSSR count). The lowest BCUT2D eigenvalue weighted by Crippen LogP contribution is -2.45. The second-order valence-electron chi connectivity index (χ2n) is 6.26. The fraction of sp³-hybridized carbons (Fsp3) is 0.714. The van der Waals surface area contributed by atoms with Gasteiger partial charge in [-0.2, -0.15) is 0 Å². The van der Waals surface area contributed by atoms with Crippen molar-refractivity contribution >= 4 is 11.8 Å². The first-order valence-corrected chi connectivity index (χ1v) is 6.12. The molecule has 0 heterocycles. The van der Waals surface area contributed by atoms with E-state index in [0.29, 0.717) is 6.42 Å². The summed E-state index contributed by atoms with van der Waals surface area (Å²) in [6.07, 6.45) is 4.00. The molecule has 2 atom stereocenters. The number of esters is 1. The first-order chi connectivity index (χ1) is 7.82. The molecule has 0 saturated heterocycles. The second-order valence-corrected chi connectivity index (χ2v) is 6.26. The quantitative estimate of drug-likeness (QED) is 0.519. The van der Waals surface area contributed by atoms with Crippen LogP contribution in [0.5, 0.6) is 0 Å². The van der Waals surface area contributed by atoms with Crippen LogP contribution in [0.15, 0.2) is 11.6 Å². The molecule has 0 unspecified atom stereocenters. The van der Waals surface area contributed by atoms with E-state index in [2.05, 4.69) is 13.8 Å². The minimum Gasteiger partial charge on any atom is -0.468 e. The van der Waals surface area contributed by atoms with Gasteiger partial charge >= 0.3 is 5.97 Å². The molecule has 0 bridgehead atoms. The number of hydrogen-bond donors (Lipinski definition) is 0. The summed E-state index contributed by atoms with van der Waals surface area (Å²) in [4.78, 5) is 24.4. The molecule has 1 saturated carbocycles. The Hall–Kier alpha value is -1.12. The van der Waals surface area contributed by atoms with Crippen LogP contribution >= 0.6 is 0 Å². The molecule has 0 aliphatic heterocycles. The molecule has 1 fully saturated rings. The van der Waals surface area contributed by atoms with Gasteiger partial charge in [0.25, 0.3) is 0 Å². The van der Waals surface area contributed by atoms with E-state index in [-0.39, 0.29) is 23.1 Å². The monoisotopic (exact) mass is 236 g/mol. The maximum atomic E-state index is 12.3. The van der Waals surface area contributed by atoms with Crippen LogP contribution in [0.25, 0.3) is 0 Å². The molecule has 3 nitrogen and oxygen atoms in total. The van der Waals surface area contributed by atoms with E-state index in [1.54, 1.807) is 6.08 Å². The number of allylic oxidation sites excluding steroid dienone is 2. The molecule has 94 valence electrons. The van der Waals surface area contributed by atoms with Crippen molar-refractivity contribution < 1.29 is 14.3 Å². The number of carbonyl (C=O) groups excluding carboxylic acids is 2. The summed E-state index contributed by atoms with van der Waals surface area (Å²) in [6, 6.07) is 0. The normalized spacial score (nSPS) is 35.2. The van der Waals surface area contributed by atoms with E-state index in [1.807, 2.05) is 6.92 Å². The summed E-state index contributed by atoms with van der Waals surface area (Å²) in [7, 11) is 1.37. The Kier molecular flexibility index (Phi) is 2.68. The van der Waals surface area contributed by atoms with Crippen LogP contribution in [0, 0.1) is 16.7 Å². The standard InChI is InChI=1S/C14H20O3/c1-9-5-10-7-13(2,3)8-14(10,11(15)6-9)12(16)17-4/h6,10H,5,7-8H2,1-4H3/t10-,14-/m1/s1. The summed E-state index contributed by atoms with van der Waals surface area (Å²) in [5.74, 6) is -0.284. The molecule has 0 aromatic rings. The Balaban J connectivity index is 2.48. The van der Waals surface area contributed by atoms with Crippen LogP contribution in [0.4, 0.5) is 0 Å². The fourth-order valence-corrected chi connectivity index (χ4v) is 3.67. The van der Waals surface area contributed by atoms with Gasteiger partial charge in [0.15, 0.2) is 5.78 Å². The maximum absolute atomic E-state index is 12.3. The number of ketones is 1. The van der Waals surface area contributed by atoms with Crippen LogP contribution < -0.4 is 0 Å². The van der Waals surface area contributed by atoms with Crippen molar-refractivity contribution in [2.45, 2.75) is 40.0 Å². The Labute approximate surface area is 102 Å². The Morgan fingerprint density at radius 2 is 2.12 bits per heavy atom. The average Bonchev–Trinajstić information content (AvgIpc) is 2.49. The van der Waals surface area contributed by atoms with E-state index in [4.69, 9.17) is 4.74 Å². The predicted molar refractivity (Wildman–Crippen MR) is 64.3 cm³/mol. The molecular formula is C14H20O3. The van der Waals surface area contributed by atoms with Crippen LogP contribution in [0.1, 0.15) is 40.0 Å². The maximum Gasteiger partial charge on any atom is 0.320 e. The third kappa shape index (κ3) is 1.72. The van der Waals surface area contributed by atoms with Crippen molar-refractivity contribution in [3.63, 3.8) is 0 Å². The van der Waals surface area contributed by atoms with Crippen LogP contribution in [-0.4, -0.2) is 18.9 Å². The highest BCUT2D eigenvalue weighted by Gasteiger charge is 2.61. The Bertz CT molecular complexity index is 406. The van der Waals surface area contributed by atoms with Gasteiger partial charge in [-0.1, -0.05) is 19.4 Å². The van der Waals surface area contributed by atoms with Gasteiger partial charge in [-0.05, 0) is 43.6 Å². The predicted octanol–water partition coefficient (Wildman–Crippen LogP) is 2.50. The lowest BCUT2D eigenvalue weighted by Gasteiger charge is -2.34. The third-order valence-electron chi connectivity index (χ3n) is 4.19. The van der Waals surface area contributed by atoms with Gasteiger partial charge in [0.05, 0.1) is 7.11 Å². The molecule has 0 aromatic carbocycles. The lowest BCUT2D eigenvalue weighted by atomic mass is 9.68. The number of carbonyl (C=O) groups is 2. The van der Waals surface area contributed by atoms with Crippen LogP contribution in [0.2, 0.25) is 0 Å². The molecule has 17 heavy (non-hydrogen) atoms. The van der Waals surface area contributed by atoms with E-state index >= 15 is 0 Å². The molecular weight excluding hydrogens is 216 g/mol. The molecule has 0 spiro atoms. The molecule has 2 aliphatic rings. The van der Waals surface area contributed by atoms with Crippen molar-refractivity contribution in [2.75, 3.05) is 7.11 Å². The largest absolute Gasteiger partial charge is 0.468 e. The summed E-state index contributed by atoms with van der Waals surface area (Å²) < 4.78 is 4.90. The molecule has 0 N–H and O–H groups in total. The summed E-state index contributed by atoms with van der Waals surface area (Å²) in [6.45, 7) is 6.21. The number of ether oxygens (including phenoxy) is 1. The molecule has 0 aromatic heterocycles. The van der Waals surface area contributed by atoms with E-state index in [1.165, 1.54) is 7.11 Å². The van der Waals surface area contributed by atoms with Crippen molar-refractivity contribution in [1.82, 2.24) is 0 Å². The zero-order valence-electron chi connectivity index (χ0n) is 11.0. The lowest BCUT2D eigenvalue weighted by molar-refractivity contribution is -0.160. The minimum absolute atomic E-state index is 0.0347. The van der Waals surface area contributed by atoms with Crippen molar-refractivity contribution in [3.8, 4) is 0 Å². The number of hydrogen-bond acceptors (Lipinski definition) is 3. The van der Waals surface area contributed by atoms with Crippen molar-refractivity contribution in [3.05, 3.63) is 11.6 Å². The molecule has 2 aliphatic carbocycles. The highest BCUT2D eigenvalue weighted by atomic mass is 16.5. The van der Waals surface area contributed by atoms with Gasteiger partial charge in [-0.25, -0.2) is 0 Å². The Morgan fingerprint density at radius 1 is 1.47 bits per heavy atom. The van der Waals surface area contributed by atoms with Crippen molar-refractivity contribution in [1.29, 1.82) is 0 Å². The highest BCUT2D eigenvalue weighted by Crippen LogP contribution is 2.57. The topological polar surface area (TPSA) is 43.4 Å². The van der Waals surface area contributed by atoms with Crippen LogP contribution in [-0.2, 0) is 14.3 Å².